The summed E-state index contributed by atoms with van der Waals surface area (Å²) in [6.07, 6.45) is 3.35. The highest BCUT2D eigenvalue weighted by atomic mass is 32.3. The van der Waals surface area contributed by atoms with Crippen LogP contribution in [0.25, 0.3) is 0 Å². The van der Waals surface area contributed by atoms with Crippen molar-refractivity contribution in [1.82, 2.24) is 0 Å². The largest absolute Gasteiger partial charge is 0.393 e. The van der Waals surface area contributed by atoms with Gasteiger partial charge < -0.3 is 9.47 Å². The summed E-state index contributed by atoms with van der Waals surface area (Å²) in [6, 6.07) is 0. The maximum Gasteiger partial charge on any atom is 0.317 e. The number of rotatable bonds is 11. The minimum Gasteiger partial charge on any atom is -0.393 e. The van der Waals surface area contributed by atoms with Crippen LogP contribution >= 0.6 is 0 Å². The molecule has 2 aliphatic heterocycles. The van der Waals surface area contributed by atoms with E-state index < -0.39 is 23.9 Å². The molecule has 25 heavy (non-hydrogen) atoms. The average Bonchev–Trinajstić information content (AvgIpc) is 3.05. The van der Waals surface area contributed by atoms with Crippen LogP contribution in [0.1, 0.15) is 45.4 Å². The molecule has 0 aromatic heterocycles. The first kappa shape index (κ1) is 20.3. The topological polar surface area (TPSA) is 96.0 Å². The van der Waals surface area contributed by atoms with Gasteiger partial charge in [-0.15, -0.1) is 0 Å². The van der Waals surface area contributed by atoms with E-state index >= 15 is 0 Å². The average molecular weight is 392 g/mol. The van der Waals surface area contributed by atoms with E-state index in [-0.39, 0.29) is 35.9 Å². The third-order valence-electron chi connectivity index (χ3n) is 4.13. The molecule has 0 aromatic carbocycles. The molecule has 7 nitrogen and oxygen atoms in total. The van der Waals surface area contributed by atoms with E-state index in [0.717, 1.165) is 42.1 Å². The van der Waals surface area contributed by atoms with Crippen LogP contribution in [-0.4, -0.2) is 41.1 Å². The van der Waals surface area contributed by atoms with Gasteiger partial charge in [0.15, 0.2) is 12.0 Å². The van der Waals surface area contributed by atoms with E-state index in [9.17, 15) is 19.2 Å². The van der Waals surface area contributed by atoms with E-state index in [0.29, 0.717) is 12.8 Å². The molecule has 0 amide bonds. The van der Waals surface area contributed by atoms with Crippen molar-refractivity contribution < 1.29 is 32.3 Å². The van der Waals surface area contributed by atoms with Gasteiger partial charge in [-0.05, 0) is 32.6 Å². The van der Waals surface area contributed by atoms with E-state index in [1.54, 1.807) is 0 Å². The lowest BCUT2D eigenvalue weighted by Gasteiger charge is -2.03. The molecule has 2 fully saturated rings. The molecule has 0 radical (unpaired) electrons. The molecule has 0 spiro atoms. The van der Waals surface area contributed by atoms with Crippen molar-refractivity contribution in [2.45, 2.75) is 45.4 Å². The Kier molecular flexibility index (Phi) is 8.25. The van der Waals surface area contributed by atoms with E-state index in [1.807, 2.05) is 0 Å². The second-order valence-electron chi connectivity index (χ2n) is 6.03. The fourth-order valence-electron chi connectivity index (χ4n) is 2.72. The van der Waals surface area contributed by atoms with Crippen molar-refractivity contribution in [2.24, 2.45) is 11.8 Å². The maximum absolute atomic E-state index is 11.4. The number of cyclic esters (lactones) is 4. The van der Waals surface area contributed by atoms with Gasteiger partial charge in [-0.1, -0.05) is 0 Å². The van der Waals surface area contributed by atoms with Crippen LogP contribution in [0.2, 0.25) is 0 Å². The zero-order chi connectivity index (χ0) is 18.2. The SMILES string of the molecule is CC[S+](CCCC1CC(=O)OC1=O)O[SH+]CCCC1CC(=O)OC1=O. The Balaban J connectivity index is 1.53. The van der Waals surface area contributed by atoms with Gasteiger partial charge in [0.25, 0.3) is 0 Å². The lowest BCUT2D eigenvalue weighted by atomic mass is 10.0. The van der Waals surface area contributed by atoms with Crippen molar-refractivity contribution in [3.05, 3.63) is 0 Å². The van der Waals surface area contributed by atoms with Crippen LogP contribution in [0.3, 0.4) is 0 Å². The van der Waals surface area contributed by atoms with Crippen LogP contribution in [-0.2, 0) is 55.5 Å². The van der Waals surface area contributed by atoms with Gasteiger partial charge in [-0.25, -0.2) is 0 Å². The molecule has 2 aliphatic rings. The number of thiol groups is 1. The Bertz CT molecular complexity index is 523. The smallest absolute Gasteiger partial charge is 0.317 e. The fourth-order valence-corrected chi connectivity index (χ4v) is 5.43. The predicted octanol–water partition coefficient (Wildman–Crippen LogP) is 1.03. The van der Waals surface area contributed by atoms with Crippen LogP contribution in [0.15, 0.2) is 0 Å². The van der Waals surface area contributed by atoms with Gasteiger partial charge in [0, 0.05) is 3.63 Å². The molecule has 2 saturated heterocycles. The fraction of sp³-hybridized carbons (Fsp3) is 0.750. The summed E-state index contributed by atoms with van der Waals surface area (Å²) in [7, 11) is 0. The van der Waals surface area contributed by atoms with Crippen LogP contribution in [0, 0.1) is 11.8 Å². The van der Waals surface area contributed by atoms with E-state index in [2.05, 4.69) is 16.4 Å². The molecule has 0 N–H and O–H groups in total. The van der Waals surface area contributed by atoms with Crippen molar-refractivity contribution in [2.75, 3.05) is 17.3 Å². The number of hydrogen-bond donors (Lipinski definition) is 0. The number of ether oxygens (including phenoxy) is 2. The Morgan fingerprint density at radius 1 is 1.00 bits per heavy atom. The van der Waals surface area contributed by atoms with Crippen molar-refractivity contribution in [1.29, 1.82) is 0 Å². The molecule has 2 rings (SSSR count). The first-order valence-corrected chi connectivity index (χ1v) is 11.0. The van der Waals surface area contributed by atoms with Crippen molar-refractivity contribution >= 4 is 47.1 Å². The highest BCUT2D eigenvalue weighted by Gasteiger charge is 2.35. The van der Waals surface area contributed by atoms with Gasteiger partial charge in [-0.2, -0.15) is 0 Å². The summed E-state index contributed by atoms with van der Waals surface area (Å²) in [5, 5.41) is 0. The first-order chi connectivity index (χ1) is 12.0. The van der Waals surface area contributed by atoms with E-state index in [4.69, 9.17) is 3.63 Å². The molecule has 0 bridgehead atoms. The van der Waals surface area contributed by atoms with E-state index in [1.165, 1.54) is 0 Å². The second-order valence-corrected chi connectivity index (χ2v) is 9.20. The number of carbonyl (C=O) groups excluding carboxylic acids is 4. The third-order valence-corrected chi connectivity index (χ3v) is 7.28. The van der Waals surface area contributed by atoms with Gasteiger partial charge >= 0.3 is 23.9 Å². The lowest BCUT2D eigenvalue weighted by molar-refractivity contribution is -0.154. The van der Waals surface area contributed by atoms with Gasteiger partial charge in [0.05, 0.1) is 24.7 Å². The summed E-state index contributed by atoms with van der Waals surface area (Å²) in [6.45, 7) is 2.06. The van der Waals surface area contributed by atoms with Crippen molar-refractivity contribution in [3.63, 3.8) is 0 Å². The van der Waals surface area contributed by atoms with Gasteiger partial charge in [-0.3, -0.25) is 19.2 Å². The van der Waals surface area contributed by atoms with Crippen LogP contribution in [0.5, 0.6) is 0 Å². The minimum absolute atomic E-state index is 0.165. The lowest BCUT2D eigenvalue weighted by Crippen LogP contribution is -2.17. The summed E-state index contributed by atoms with van der Waals surface area (Å²) < 4.78 is 14.9. The number of esters is 4. The molecule has 0 saturated carbocycles. The summed E-state index contributed by atoms with van der Waals surface area (Å²) in [5.74, 6) is 0.350. The minimum atomic E-state index is -0.427. The second kappa shape index (κ2) is 10.2. The van der Waals surface area contributed by atoms with Crippen LogP contribution in [0.4, 0.5) is 0 Å². The molecular weight excluding hydrogens is 368 g/mol. The third kappa shape index (κ3) is 6.63. The van der Waals surface area contributed by atoms with Crippen LogP contribution < -0.4 is 0 Å². The number of hydrogen-bond acceptors (Lipinski definition) is 7. The molecule has 3 unspecified atom stereocenters. The van der Waals surface area contributed by atoms with Gasteiger partial charge in [0.1, 0.15) is 17.3 Å². The first-order valence-electron chi connectivity index (χ1n) is 8.50. The molecule has 3 atom stereocenters. The predicted molar refractivity (Wildman–Crippen MR) is 94.4 cm³/mol. The van der Waals surface area contributed by atoms with Gasteiger partial charge in [0.2, 0.25) is 11.2 Å². The molecule has 140 valence electrons. The monoisotopic (exact) mass is 392 g/mol. The normalized spacial score (nSPS) is 24.5. The maximum atomic E-state index is 11.4. The molecule has 2 heterocycles. The summed E-state index contributed by atoms with van der Waals surface area (Å²) in [5.41, 5.74) is 0. The number of carbonyl (C=O) groups is 4. The molecule has 9 heteroatoms. The Hall–Kier alpha value is -1.06. The zero-order valence-electron chi connectivity index (χ0n) is 14.2. The van der Waals surface area contributed by atoms with Crippen molar-refractivity contribution in [3.8, 4) is 0 Å². The molecular formula is C16H24O7S2+2. The highest BCUT2D eigenvalue weighted by Crippen LogP contribution is 2.22. The summed E-state index contributed by atoms with van der Waals surface area (Å²) >= 11 is 0.711. The molecule has 0 aromatic rings. The standard InChI is InChI=1S/C16H23O7S2/c1-2-25(8-4-6-12-10-14(18)22-16(12)20)23-24-7-3-5-11-9-13(17)21-15(11)19/h11-12H,2-10H2,1H3/q+1/p+1. The Labute approximate surface area is 154 Å². The summed E-state index contributed by atoms with van der Waals surface area (Å²) in [4.78, 5) is 44.8. The molecule has 0 aliphatic carbocycles. The quantitative estimate of drug-likeness (QED) is 0.170. The zero-order valence-corrected chi connectivity index (χ0v) is 15.9. The highest BCUT2D eigenvalue weighted by molar-refractivity contribution is 7.98. The Morgan fingerprint density at radius 3 is 2.04 bits per heavy atom. The Morgan fingerprint density at radius 2 is 1.56 bits per heavy atom.